The number of aliphatic hydroxyl groups is 3. The predicted molar refractivity (Wildman–Crippen MR) is 261 cm³/mol. The largest absolute Gasteiger partial charge is 0.462 e. The molecular weight excluding hydrogens is 849 g/mol. The average Bonchev–Trinajstić information content (AvgIpc) is 3.27. The van der Waals surface area contributed by atoms with Gasteiger partial charge in [-0.1, -0.05) is 212 Å². The molecule has 1 rings (SSSR count). The van der Waals surface area contributed by atoms with E-state index in [1.165, 1.54) is 161 Å². The Bertz CT molecular complexity index is 1250. The summed E-state index contributed by atoms with van der Waals surface area (Å²) >= 11 is 0. The van der Waals surface area contributed by atoms with E-state index in [2.05, 4.69) is 26.0 Å². The molecule has 0 aromatic carbocycles. The summed E-state index contributed by atoms with van der Waals surface area (Å²) in [6.07, 6.45) is 38.2. The Labute approximate surface area is 396 Å². The first-order chi connectivity index (χ1) is 31.5. The van der Waals surface area contributed by atoms with Gasteiger partial charge in [-0.05, 0) is 38.5 Å². The molecule has 1 saturated heterocycles. The second-order valence-corrected chi connectivity index (χ2v) is 20.4. The Morgan fingerprint density at radius 3 is 1.28 bits per heavy atom. The molecule has 0 spiro atoms. The van der Waals surface area contributed by atoms with Crippen LogP contribution in [0.3, 0.4) is 0 Å². The van der Waals surface area contributed by atoms with Crippen molar-refractivity contribution in [1.29, 1.82) is 0 Å². The third-order valence-corrected chi connectivity index (χ3v) is 13.3. The molecule has 0 radical (unpaired) electrons. The van der Waals surface area contributed by atoms with Crippen LogP contribution in [0.15, 0.2) is 12.2 Å². The van der Waals surface area contributed by atoms with Crippen LogP contribution >= 0.6 is 0 Å². The Kier molecular flexibility index (Phi) is 40.1. The van der Waals surface area contributed by atoms with Crippen molar-refractivity contribution in [2.45, 2.75) is 288 Å². The molecule has 65 heavy (non-hydrogen) atoms. The summed E-state index contributed by atoms with van der Waals surface area (Å²) in [5, 5.41) is 31.0. The van der Waals surface area contributed by atoms with Crippen LogP contribution in [0.25, 0.3) is 0 Å². The van der Waals surface area contributed by atoms with Gasteiger partial charge in [0, 0.05) is 12.8 Å². The van der Waals surface area contributed by atoms with Crippen LogP contribution in [0.5, 0.6) is 0 Å². The van der Waals surface area contributed by atoms with Gasteiger partial charge in [-0.2, -0.15) is 8.42 Å². The monoisotopic (exact) mass is 947 g/mol. The molecule has 384 valence electrons. The van der Waals surface area contributed by atoms with Gasteiger partial charge in [-0.25, -0.2) is 0 Å². The normalized spacial score (nSPS) is 19.5. The van der Waals surface area contributed by atoms with Gasteiger partial charge in [0.1, 0.15) is 36.8 Å². The number of hydrogen-bond donors (Lipinski definition) is 4. The second kappa shape index (κ2) is 42.5. The summed E-state index contributed by atoms with van der Waals surface area (Å²) in [7, 11) is -4.60. The minimum absolute atomic E-state index is 0.164. The van der Waals surface area contributed by atoms with Crippen LogP contribution in [0, 0.1) is 0 Å². The van der Waals surface area contributed by atoms with E-state index in [0.29, 0.717) is 12.8 Å². The molecule has 0 saturated carbocycles. The Morgan fingerprint density at radius 1 is 0.508 bits per heavy atom. The van der Waals surface area contributed by atoms with E-state index in [1.54, 1.807) is 0 Å². The first-order valence-electron chi connectivity index (χ1n) is 26.7. The van der Waals surface area contributed by atoms with Gasteiger partial charge < -0.3 is 34.3 Å². The van der Waals surface area contributed by atoms with Crippen molar-refractivity contribution in [3.8, 4) is 0 Å². The summed E-state index contributed by atoms with van der Waals surface area (Å²) in [6, 6.07) is 0. The smallest absolute Gasteiger partial charge is 0.306 e. The third-order valence-electron chi connectivity index (χ3n) is 12.6. The fourth-order valence-electron chi connectivity index (χ4n) is 8.44. The van der Waals surface area contributed by atoms with Crippen LogP contribution in [-0.4, -0.2) is 96.0 Å². The van der Waals surface area contributed by atoms with Gasteiger partial charge in [0.15, 0.2) is 12.4 Å². The molecular formula is C52H98O12S. The van der Waals surface area contributed by atoms with E-state index in [-0.39, 0.29) is 19.4 Å². The van der Waals surface area contributed by atoms with Crippen molar-refractivity contribution in [2.75, 3.05) is 19.0 Å². The zero-order valence-electron chi connectivity index (χ0n) is 41.4. The SMILES string of the molecule is CCCCCCCCC/C=C\CCCCCCCCCC(=O)OC(COC(=O)CCCCCCCCCCCCCCCCCCCCC)COC1OC(CS(=O)(=O)O)C(O)C(O)C1O. The highest BCUT2D eigenvalue weighted by Crippen LogP contribution is 2.24. The van der Waals surface area contributed by atoms with Crippen LogP contribution < -0.4 is 0 Å². The summed E-state index contributed by atoms with van der Waals surface area (Å²) in [6.45, 7) is 3.80. The zero-order valence-corrected chi connectivity index (χ0v) is 42.2. The summed E-state index contributed by atoms with van der Waals surface area (Å²) in [5.74, 6) is -1.97. The van der Waals surface area contributed by atoms with E-state index in [1.807, 2.05) is 0 Å². The summed E-state index contributed by atoms with van der Waals surface area (Å²) in [5.41, 5.74) is 0. The molecule has 0 bridgehead atoms. The van der Waals surface area contributed by atoms with E-state index in [0.717, 1.165) is 51.4 Å². The highest BCUT2D eigenvalue weighted by atomic mass is 32.2. The number of hydrogen-bond acceptors (Lipinski definition) is 11. The van der Waals surface area contributed by atoms with Gasteiger partial charge in [0.2, 0.25) is 0 Å². The maximum Gasteiger partial charge on any atom is 0.306 e. The maximum atomic E-state index is 12.9. The number of unbranched alkanes of at least 4 members (excludes halogenated alkanes) is 32. The Balaban J connectivity index is 2.35. The molecule has 0 amide bonds. The molecule has 0 aliphatic carbocycles. The van der Waals surface area contributed by atoms with Gasteiger partial charge in [-0.3, -0.25) is 14.1 Å². The molecule has 1 heterocycles. The van der Waals surface area contributed by atoms with E-state index < -0.39 is 71.2 Å². The lowest BCUT2D eigenvalue weighted by atomic mass is 10.00. The number of aliphatic hydroxyl groups excluding tert-OH is 3. The number of ether oxygens (including phenoxy) is 4. The topological polar surface area (TPSA) is 186 Å². The molecule has 0 aromatic rings. The first kappa shape index (κ1) is 61.4. The molecule has 13 heteroatoms. The summed E-state index contributed by atoms with van der Waals surface area (Å²) in [4.78, 5) is 25.5. The fraction of sp³-hybridized carbons (Fsp3) is 0.923. The van der Waals surface area contributed by atoms with Crippen molar-refractivity contribution in [3.05, 3.63) is 12.2 Å². The van der Waals surface area contributed by atoms with Gasteiger partial charge >= 0.3 is 11.9 Å². The molecule has 0 aromatic heterocycles. The standard InChI is InChI=1S/C52H98O12S/c1-3-5-7-9-11-13-15-17-19-21-23-25-26-28-30-32-34-36-38-40-47(53)61-42-45(43-62-52-51(57)50(56)49(55)46(64-52)44-65(58,59)60)63-48(54)41-39-37-35-33-31-29-27-24-22-20-18-16-14-12-10-8-6-4-2/h20,22,45-46,49-52,55-57H,3-19,21,23-44H2,1-2H3,(H,58,59,60)/b22-20-. The first-order valence-corrected chi connectivity index (χ1v) is 28.4. The minimum atomic E-state index is -4.60. The number of carbonyl (C=O) groups excluding carboxylic acids is 2. The number of rotatable bonds is 46. The Hall–Kier alpha value is -1.61. The maximum absolute atomic E-state index is 12.9. The summed E-state index contributed by atoms with van der Waals surface area (Å²) < 4.78 is 54.3. The van der Waals surface area contributed by atoms with E-state index in [4.69, 9.17) is 18.9 Å². The van der Waals surface area contributed by atoms with Gasteiger partial charge in [-0.15, -0.1) is 0 Å². The van der Waals surface area contributed by atoms with E-state index in [9.17, 15) is 37.9 Å². The molecule has 1 fully saturated rings. The van der Waals surface area contributed by atoms with Crippen molar-refractivity contribution in [3.63, 3.8) is 0 Å². The van der Waals surface area contributed by atoms with Crippen molar-refractivity contribution in [2.24, 2.45) is 0 Å². The van der Waals surface area contributed by atoms with Crippen molar-refractivity contribution in [1.82, 2.24) is 0 Å². The molecule has 12 nitrogen and oxygen atoms in total. The van der Waals surface area contributed by atoms with Crippen LogP contribution in [-0.2, 0) is 38.7 Å². The average molecular weight is 947 g/mol. The fourth-order valence-corrected chi connectivity index (χ4v) is 9.13. The molecule has 6 atom stereocenters. The molecule has 1 aliphatic heterocycles. The minimum Gasteiger partial charge on any atom is -0.462 e. The number of carbonyl (C=O) groups is 2. The highest BCUT2D eigenvalue weighted by molar-refractivity contribution is 7.85. The van der Waals surface area contributed by atoms with Crippen molar-refractivity contribution < 1.29 is 56.8 Å². The molecule has 6 unspecified atom stereocenters. The van der Waals surface area contributed by atoms with Crippen LogP contribution in [0.1, 0.15) is 251 Å². The molecule has 1 aliphatic rings. The quantitative estimate of drug-likeness (QED) is 0.0196. The van der Waals surface area contributed by atoms with Crippen LogP contribution in [0.2, 0.25) is 0 Å². The lowest BCUT2D eigenvalue weighted by molar-refractivity contribution is -0.297. The lowest BCUT2D eigenvalue weighted by Gasteiger charge is -2.40. The van der Waals surface area contributed by atoms with Crippen LogP contribution in [0.4, 0.5) is 0 Å². The van der Waals surface area contributed by atoms with Gasteiger partial charge in [0.25, 0.3) is 10.1 Å². The molecule has 4 N–H and O–H groups in total. The lowest BCUT2D eigenvalue weighted by Crippen LogP contribution is -2.60. The van der Waals surface area contributed by atoms with Gasteiger partial charge in [0.05, 0.1) is 6.61 Å². The number of allylic oxidation sites excluding steroid dienone is 2. The highest BCUT2D eigenvalue weighted by Gasteiger charge is 2.46. The van der Waals surface area contributed by atoms with E-state index >= 15 is 0 Å². The number of esters is 2. The second-order valence-electron chi connectivity index (χ2n) is 18.9. The third kappa shape index (κ3) is 37.0. The van der Waals surface area contributed by atoms with Crippen molar-refractivity contribution >= 4 is 22.1 Å². The predicted octanol–water partition coefficient (Wildman–Crippen LogP) is 12.2. The zero-order chi connectivity index (χ0) is 47.6. The Morgan fingerprint density at radius 2 is 0.877 bits per heavy atom.